The third-order valence-electron chi connectivity index (χ3n) is 3.41. The summed E-state index contributed by atoms with van der Waals surface area (Å²) in [4.78, 5) is 34.4. The fourth-order valence-corrected chi connectivity index (χ4v) is 2.08. The summed E-state index contributed by atoms with van der Waals surface area (Å²) in [5.41, 5.74) is 6.77. The molecule has 0 radical (unpaired) electrons. The van der Waals surface area contributed by atoms with Gasteiger partial charge in [0, 0.05) is 23.5 Å². The number of ether oxygens (including phenoxy) is 1. The number of benzene rings is 2. The number of carbonyl (C=O) groups is 2. The van der Waals surface area contributed by atoms with Crippen LogP contribution in [0.15, 0.2) is 42.5 Å². The van der Waals surface area contributed by atoms with Crippen molar-refractivity contribution < 1.29 is 19.2 Å². The van der Waals surface area contributed by atoms with Crippen LogP contribution in [0.25, 0.3) is 0 Å². The lowest BCUT2D eigenvalue weighted by Crippen LogP contribution is -2.30. The van der Waals surface area contributed by atoms with Crippen LogP contribution in [0.4, 0.5) is 17.1 Å². The van der Waals surface area contributed by atoms with Crippen LogP contribution in [-0.2, 0) is 9.53 Å². The van der Waals surface area contributed by atoms with E-state index in [1.807, 2.05) is 13.0 Å². The molecule has 0 fully saturated rings. The highest BCUT2D eigenvalue weighted by Gasteiger charge is 2.22. The summed E-state index contributed by atoms with van der Waals surface area (Å²) in [6.45, 7) is 3.28. The maximum Gasteiger partial charge on any atom is 0.341 e. The molecule has 0 heterocycles. The zero-order chi connectivity index (χ0) is 18.6. The summed E-state index contributed by atoms with van der Waals surface area (Å²) in [6, 6.07) is 10.6. The number of anilines is 2. The molecule has 2 aromatic rings. The molecule has 130 valence electrons. The van der Waals surface area contributed by atoms with Crippen LogP contribution in [0.5, 0.6) is 0 Å². The number of nitrogens with two attached hydrogens (primary N) is 1. The number of nitro benzene ring substituents is 1. The molecule has 3 N–H and O–H groups in total. The first kappa shape index (κ1) is 17.9. The van der Waals surface area contributed by atoms with Crippen molar-refractivity contribution in [1.82, 2.24) is 0 Å². The molecule has 0 unspecified atom stereocenters. The molecular formula is C17H17N3O5. The lowest BCUT2D eigenvalue weighted by Gasteiger charge is -2.14. The minimum absolute atomic E-state index is 0.0295. The summed E-state index contributed by atoms with van der Waals surface area (Å²) >= 11 is 0. The average molecular weight is 343 g/mol. The zero-order valence-corrected chi connectivity index (χ0v) is 13.7. The van der Waals surface area contributed by atoms with Gasteiger partial charge in [-0.3, -0.25) is 14.9 Å². The number of nitrogens with one attached hydrogen (secondary N) is 1. The maximum absolute atomic E-state index is 12.2. The van der Waals surface area contributed by atoms with E-state index < -0.39 is 22.9 Å². The third kappa shape index (κ3) is 4.54. The number of amides is 1. The molecule has 25 heavy (non-hydrogen) atoms. The van der Waals surface area contributed by atoms with Crippen molar-refractivity contribution >= 4 is 28.9 Å². The number of esters is 1. The summed E-state index contributed by atoms with van der Waals surface area (Å²) in [7, 11) is 0. The minimum Gasteiger partial charge on any atom is -0.449 e. The fraction of sp³-hybridized carbons (Fsp3) is 0.176. The van der Waals surface area contributed by atoms with E-state index in [0.29, 0.717) is 5.69 Å². The van der Waals surface area contributed by atoms with Gasteiger partial charge in [-0.1, -0.05) is 12.1 Å². The summed E-state index contributed by atoms with van der Waals surface area (Å²) in [5, 5.41) is 13.4. The third-order valence-corrected chi connectivity index (χ3v) is 3.41. The second kappa shape index (κ2) is 7.43. The summed E-state index contributed by atoms with van der Waals surface area (Å²) < 4.78 is 5.06. The SMILES string of the molecule is Cc1cccc(NC(=O)[C@@H](C)OC(=O)c2cc([N+](=O)[O-])ccc2N)c1. The molecule has 8 nitrogen and oxygen atoms in total. The van der Waals surface area contributed by atoms with Crippen molar-refractivity contribution in [3.05, 3.63) is 63.7 Å². The van der Waals surface area contributed by atoms with Gasteiger partial charge in [-0.15, -0.1) is 0 Å². The minimum atomic E-state index is -1.10. The van der Waals surface area contributed by atoms with Crippen LogP contribution in [-0.4, -0.2) is 22.9 Å². The van der Waals surface area contributed by atoms with Crippen LogP contribution in [0.3, 0.4) is 0 Å². The molecule has 0 aliphatic carbocycles. The number of nitrogen functional groups attached to an aromatic ring is 1. The molecule has 0 saturated heterocycles. The van der Waals surface area contributed by atoms with Crippen molar-refractivity contribution in [3.63, 3.8) is 0 Å². The highest BCUT2D eigenvalue weighted by Crippen LogP contribution is 2.21. The lowest BCUT2D eigenvalue weighted by atomic mass is 10.1. The molecular weight excluding hydrogens is 326 g/mol. The molecule has 0 aliphatic rings. The van der Waals surface area contributed by atoms with Gasteiger partial charge in [-0.25, -0.2) is 4.79 Å². The second-order valence-electron chi connectivity index (χ2n) is 5.43. The molecule has 0 spiro atoms. The quantitative estimate of drug-likeness (QED) is 0.372. The highest BCUT2D eigenvalue weighted by molar-refractivity contribution is 5.99. The van der Waals surface area contributed by atoms with Gasteiger partial charge < -0.3 is 15.8 Å². The maximum atomic E-state index is 12.2. The van der Waals surface area contributed by atoms with Crippen molar-refractivity contribution in [2.45, 2.75) is 20.0 Å². The van der Waals surface area contributed by atoms with Crippen LogP contribution in [0.1, 0.15) is 22.8 Å². The fourth-order valence-electron chi connectivity index (χ4n) is 2.08. The molecule has 1 atom stereocenters. The second-order valence-corrected chi connectivity index (χ2v) is 5.43. The molecule has 1 amide bonds. The standard InChI is InChI=1S/C17H17N3O5/c1-10-4-3-5-12(8-10)19-16(21)11(2)25-17(22)14-9-13(20(23)24)6-7-15(14)18/h3-9,11H,18H2,1-2H3,(H,19,21)/t11-/m1/s1. The lowest BCUT2D eigenvalue weighted by molar-refractivity contribution is -0.384. The molecule has 0 aliphatic heterocycles. The first-order valence-corrected chi connectivity index (χ1v) is 7.40. The Kier molecular flexibility index (Phi) is 5.33. The normalized spacial score (nSPS) is 11.4. The topological polar surface area (TPSA) is 125 Å². The number of carbonyl (C=O) groups excluding carboxylic acids is 2. The Bertz CT molecular complexity index is 835. The number of rotatable bonds is 5. The summed E-state index contributed by atoms with van der Waals surface area (Å²) in [5.74, 6) is -1.43. The number of aryl methyl sites for hydroxylation is 1. The number of non-ortho nitro benzene ring substituents is 1. The number of hydrogen-bond donors (Lipinski definition) is 2. The average Bonchev–Trinajstić information content (AvgIpc) is 2.54. The van der Waals surface area contributed by atoms with E-state index in [2.05, 4.69) is 5.32 Å². The van der Waals surface area contributed by atoms with Crippen LogP contribution >= 0.6 is 0 Å². The van der Waals surface area contributed by atoms with E-state index in [-0.39, 0.29) is 16.9 Å². The molecule has 8 heteroatoms. The van der Waals surface area contributed by atoms with Gasteiger partial charge in [-0.2, -0.15) is 0 Å². The van der Waals surface area contributed by atoms with E-state index in [4.69, 9.17) is 10.5 Å². The molecule has 0 saturated carbocycles. The van der Waals surface area contributed by atoms with Gasteiger partial charge in [-0.05, 0) is 37.6 Å². The Hall–Kier alpha value is -3.42. The van der Waals surface area contributed by atoms with Gasteiger partial charge in [0.05, 0.1) is 10.5 Å². The molecule has 0 aromatic heterocycles. The van der Waals surface area contributed by atoms with Gasteiger partial charge in [0.1, 0.15) is 0 Å². The Balaban J connectivity index is 2.08. The van der Waals surface area contributed by atoms with Crippen LogP contribution in [0.2, 0.25) is 0 Å². The van der Waals surface area contributed by atoms with Crippen molar-refractivity contribution in [3.8, 4) is 0 Å². The number of nitrogens with zero attached hydrogens (tertiary/aromatic N) is 1. The number of nitro groups is 1. The Morgan fingerprint density at radius 2 is 1.96 bits per heavy atom. The Morgan fingerprint density at radius 1 is 1.24 bits per heavy atom. The first-order valence-electron chi connectivity index (χ1n) is 7.40. The van der Waals surface area contributed by atoms with Gasteiger partial charge in [0.2, 0.25) is 0 Å². The van der Waals surface area contributed by atoms with Crippen LogP contribution in [0, 0.1) is 17.0 Å². The smallest absolute Gasteiger partial charge is 0.341 e. The molecule has 0 bridgehead atoms. The monoisotopic (exact) mass is 343 g/mol. The van der Waals surface area contributed by atoms with Gasteiger partial charge >= 0.3 is 5.97 Å². The largest absolute Gasteiger partial charge is 0.449 e. The highest BCUT2D eigenvalue weighted by atomic mass is 16.6. The van der Waals surface area contributed by atoms with Crippen molar-refractivity contribution in [2.75, 3.05) is 11.1 Å². The molecule has 2 aromatic carbocycles. The van der Waals surface area contributed by atoms with E-state index in [1.54, 1.807) is 18.2 Å². The first-order chi connectivity index (χ1) is 11.8. The van der Waals surface area contributed by atoms with E-state index in [1.165, 1.54) is 19.1 Å². The van der Waals surface area contributed by atoms with Crippen LogP contribution < -0.4 is 11.1 Å². The molecule has 2 rings (SSSR count). The predicted molar refractivity (Wildman–Crippen MR) is 92.2 cm³/mol. The predicted octanol–water partition coefficient (Wildman–Crippen LogP) is 2.67. The van der Waals surface area contributed by atoms with Gasteiger partial charge in [0.15, 0.2) is 6.10 Å². The van der Waals surface area contributed by atoms with Gasteiger partial charge in [0.25, 0.3) is 11.6 Å². The summed E-state index contributed by atoms with van der Waals surface area (Å²) in [6.07, 6.45) is -1.10. The Labute approximate surface area is 143 Å². The van der Waals surface area contributed by atoms with Crippen molar-refractivity contribution in [1.29, 1.82) is 0 Å². The van der Waals surface area contributed by atoms with E-state index in [9.17, 15) is 19.7 Å². The Morgan fingerprint density at radius 3 is 2.60 bits per heavy atom. The number of hydrogen-bond acceptors (Lipinski definition) is 6. The van der Waals surface area contributed by atoms with E-state index >= 15 is 0 Å². The van der Waals surface area contributed by atoms with E-state index in [0.717, 1.165) is 11.6 Å². The zero-order valence-electron chi connectivity index (χ0n) is 13.7. The van der Waals surface area contributed by atoms with Crippen molar-refractivity contribution in [2.24, 2.45) is 0 Å².